The molecule has 82 heavy (non-hydrogen) atoms. The van der Waals surface area contributed by atoms with Gasteiger partial charge in [0, 0.05) is 98.5 Å². The Morgan fingerprint density at radius 1 is 0.817 bits per heavy atom. The van der Waals surface area contributed by atoms with E-state index in [2.05, 4.69) is 104 Å². The summed E-state index contributed by atoms with van der Waals surface area (Å²) in [6.45, 7) is 5.48. The number of amides is 5. The second kappa shape index (κ2) is 64.5. The fourth-order valence-corrected chi connectivity index (χ4v) is 3.53. The van der Waals surface area contributed by atoms with Crippen molar-refractivity contribution >= 4 is 75.2 Å². The third-order valence-electron chi connectivity index (χ3n) is 6.94. The number of carbonyl (C=O) groups is 5. The lowest BCUT2D eigenvalue weighted by Gasteiger charge is -1.95. The Hall–Kier alpha value is -9.03. The van der Waals surface area contributed by atoms with Gasteiger partial charge in [-0.1, -0.05) is 6.92 Å². The first-order chi connectivity index (χ1) is 38.8. The zero-order valence-corrected chi connectivity index (χ0v) is 51.7. The molecule has 1 saturated carbocycles. The van der Waals surface area contributed by atoms with Crippen molar-refractivity contribution in [3.05, 3.63) is 58.7 Å². The molecule has 0 spiro atoms. The predicted octanol–water partition coefficient (Wildman–Crippen LogP) is 0.805. The van der Waals surface area contributed by atoms with Crippen LogP contribution in [0.15, 0.2) is 63.2 Å². The van der Waals surface area contributed by atoms with E-state index in [-0.39, 0.29) is 35.8 Å². The molecular formula is C43H81N19O17S3. The van der Waals surface area contributed by atoms with E-state index in [0.717, 1.165) is 30.8 Å². The number of nitro groups is 1. The fourth-order valence-electron chi connectivity index (χ4n) is 2.67. The molecule has 5 rings (SSSR count). The molecule has 1 aliphatic carbocycles. The highest BCUT2D eigenvalue weighted by Crippen LogP contribution is 2.28. The lowest BCUT2D eigenvalue weighted by Crippen LogP contribution is -2.28. The van der Waals surface area contributed by atoms with E-state index < -0.39 is 21.1 Å². The van der Waals surface area contributed by atoms with Crippen LogP contribution in [0.25, 0.3) is 0 Å². The van der Waals surface area contributed by atoms with E-state index in [0.29, 0.717) is 42.5 Å². The highest BCUT2D eigenvalue weighted by Gasteiger charge is 2.28. The number of carbonyl (C=O) groups excluding carboxylic acids is 5. The molecule has 5 amide bonds. The first-order valence-electron chi connectivity index (χ1n) is 22.8. The summed E-state index contributed by atoms with van der Waals surface area (Å²) in [6, 6.07) is 3.69. The van der Waals surface area contributed by atoms with Crippen LogP contribution in [-0.4, -0.2) is 195 Å². The van der Waals surface area contributed by atoms with Crippen molar-refractivity contribution in [2.45, 2.75) is 40.0 Å². The van der Waals surface area contributed by atoms with E-state index in [4.69, 9.17) is 25.2 Å². The van der Waals surface area contributed by atoms with Crippen LogP contribution < -0.4 is 66.6 Å². The first-order valence-corrected chi connectivity index (χ1v) is 26.2. The Balaban J connectivity index is -0.000000150. The van der Waals surface area contributed by atoms with E-state index in [1.54, 1.807) is 86.4 Å². The minimum absolute atomic E-state index is 0.00463. The van der Waals surface area contributed by atoms with Gasteiger partial charge in [-0.3, -0.25) is 19.4 Å². The van der Waals surface area contributed by atoms with Crippen LogP contribution in [-0.2, 0) is 38.6 Å². The van der Waals surface area contributed by atoms with Crippen molar-refractivity contribution in [1.29, 1.82) is 5.26 Å². The Morgan fingerprint density at radius 2 is 1.38 bits per heavy atom. The maximum absolute atomic E-state index is 10.5. The number of rotatable bonds is 9. The number of hydrogen-bond donors (Lipinski definition) is 9. The molecule has 4 aromatic heterocycles. The first kappa shape index (κ1) is 86.8. The number of guanidine groups is 1. The topological polar surface area (TPSA) is 488 Å². The second-order valence-electron chi connectivity index (χ2n) is 12.6. The van der Waals surface area contributed by atoms with Crippen LogP contribution in [0.2, 0.25) is 0 Å². The van der Waals surface area contributed by atoms with Gasteiger partial charge in [0.05, 0.1) is 73.4 Å². The zero-order valence-electron chi connectivity index (χ0n) is 49.2. The summed E-state index contributed by atoms with van der Waals surface area (Å²) in [7, 11) is 18.4. The summed E-state index contributed by atoms with van der Waals surface area (Å²) in [5.74, 6) is 2.82. The molecule has 4 aromatic rings. The van der Waals surface area contributed by atoms with Crippen LogP contribution in [0.1, 0.15) is 40.0 Å². The Bertz CT molecular complexity index is 2220. The van der Waals surface area contributed by atoms with Crippen molar-refractivity contribution < 1.29 is 75.1 Å². The summed E-state index contributed by atoms with van der Waals surface area (Å²) in [5.41, 5.74) is 4.87. The molecule has 4 heterocycles. The van der Waals surface area contributed by atoms with Gasteiger partial charge in [-0.2, -0.15) is 14.0 Å². The molecule has 0 radical (unpaired) electrons. The second-order valence-corrected chi connectivity index (χ2v) is 15.8. The smallest absolute Gasteiger partial charge is 0.406 e. The van der Waals surface area contributed by atoms with E-state index in [9.17, 15) is 42.5 Å². The number of nitrogens with two attached hydrogens (primary N) is 1. The summed E-state index contributed by atoms with van der Waals surface area (Å²) in [5, 5.41) is 41.1. The molecule has 1 fully saturated rings. The van der Waals surface area contributed by atoms with Crippen LogP contribution in [0.4, 0.5) is 9.59 Å². The van der Waals surface area contributed by atoms with Gasteiger partial charge in [0.2, 0.25) is 45.4 Å². The lowest BCUT2D eigenvalue weighted by molar-refractivity contribution is -0.485. The quantitative estimate of drug-likeness (QED) is 0.0279. The summed E-state index contributed by atoms with van der Waals surface area (Å²) in [6.07, 6.45) is 12.5. The van der Waals surface area contributed by atoms with Crippen LogP contribution >= 0.6 is 23.3 Å². The van der Waals surface area contributed by atoms with Gasteiger partial charge >= 0.3 is 12.2 Å². The molecule has 0 saturated heterocycles. The molecule has 1 aliphatic rings. The van der Waals surface area contributed by atoms with Crippen LogP contribution in [0, 0.1) is 27.5 Å². The Labute approximate surface area is 486 Å². The molecule has 0 aliphatic heterocycles. The molecule has 39 heteroatoms. The number of nitrogens with one attached hydrogen (secondary N) is 8. The number of hydrazone groups is 1. The highest BCUT2D eigenvalue weighted by atomic mass is 32.2. The van der Waals surface area contributed by atoms with Crippen molar-refractivity contribution in [2.75, 3.05) is 112 Å². The monoisotopic (exact) mass is 1230 g/mol. The number of hydrogen-bond acceptors (Lipinski definition) is 27. The molecule has 0 aromatic carbocycles. The molecule has 10 N–H and O–H groups in total. The van der Waals surface area contributed by atoms with Gasteiger partial charge in [0.1, 0.15) is 17.6 Å². The molecule has 36 nitrogen and oxygen atoms in total. The van der Waals surface area contributed by atoms with Gasteiger partial charge in [-0.15, -0.1) is 4.37 Å². The van der Waals surface area contributed by atoms with E-state index >= 15 is 0 Å². The van der Waals surface area contributed by atoms with Gasteiger partial charge in [-0.05, 0) is 43.5 Å². The average molecular weight is 1230 g/mol. The number of nitriles is 1. The molecule has 0 bridgehead atoms. The number of alkyl carbamates (subject to hydrolysis) is 2. The number of aliphatic imine (C=N–C) groups is 1. The minimum atomic E-state index is -2.91. The number of methoxy groups -OCH3 is 6. The maximum atomic E-state index is 10.5. The number of sulfonamides is 1. The van der Waals surface area contributed by atoms with Crippen LogP contribution in [0.3, 0.4) is 0 Å². The van der Waals surface area contributed by atoms with Crippen molar-refractivity contribution in [2.24, 2.45) is 21.7 Å². The largest absolute Gasteiger partial charge is 0.480 e. The number of ether oxygens (including phenoxy) is 7. The molecule has 468 valence electrons. The average Bonchev–Trinajstić information content (AvgIpc) is 3.84. The van der Waals surface area contributed by atoms with E-state index in [1.165, 1.54) is 81.3 Å². The number of aromatic nitrogens is 6. The molecule has 0 atom stereocenters. The highest BCUT2D eigenvalue weighted by molar-refractivity contribution is 7.88. The zero-order chi connectivity index (χ0) is 64.6. The van der Waals surface area contributed by atoms with Crippen molar-refractivity contribution in [1.82, 2.24) is 70.2 Å². The van der Waals surface area contributed by atoms with Crippen molar-refractivity contribution in [3.8, 4) is 29.7 Å². The predicted molar refractivity (Wildman–Crippen MR) is 306 cm³/mol. The normalized spacial score (nSPS) is 9.72. The van der Waals surface area contributed by atoms with Crippen molar-refractivity contribution in [3.63, 3.8) is 0 Å². The fraction of sp³-hybridized carbons (Fsp3) is 0.535. The number of nitrogens with zero attached hydrogens (tertiary/aromatic N) is 10. The Kier molecular flexibility index (Phi) is 68.3. The van der Waals surface area contributed by atoms with Gasteiger partial charge < -0.3 is 75.3 Å². The number of amidine groups is 1. The molecular weight excluding hydrogens is 1150 g/mol. The van der Waals surface area contributed by atoms with Gasteiger partial charge in [-0.25, -0.2) is 48.1 Å². The van der Waals surface area contributed by atoms with E-state index in [1.807, 2.05) is 18.4 Å². The van der Waals surface area contributed by atoms with Gasteiger partial charge in [0.15, 0.2) is 11.2 Å². The SMILES string of the molecule is CCC(=O)NC.CCOC(=O)NC.CN/C(N)=N/[N+](=O)[O-].CN=C(NC#N)OC.CNC(=O)C1CC1.CNC(=O)OC.CNC(C)=O.CNS(C)(=O)=O.COc1ccon1.COc1ccsn1.COc1cnccn1.COc1cnsn1. The van der Waals surface area contributed by atoms with Gasteiger partial charge in [0.25, 0.3) is 17.9 Å². The third kappa shape index (κ3) is 75.2. The maximum Gasteiger partial charge on any atom is 0.406 e. The Morgan fingerprint density at radius 3 is 1.54 bits per heavy atom. The summed E-state index contributed by atoms with van der Waals surface area (Å²) in [4.78, 5) is 70.8. The summed E-state index contributed by atoms with van der Waals surface area (Å²) < 4.78 is 69.6. The van der Waals surface area contributed by atoms with Crippen LogP contribution in [0.5, 0.6) is 23.5 Å². The lowest BCUT2D eigenvalue weighted by atomic mass is 10.4. The summed E-state index contributed by atoms with van der Waals surface area (Å²) >= 11 is 2.53. The minimum Gasteiger partial charge on any atom is -0.480 e. The third-order valence-corrected chi connectivity index (χ3v) is 8.68. The standard InChI is InChI=1S/C5H6N2O.C5H9NO.C4H7N3O.C4H5NO2.C4H9NO2.C4H5NOS.C4H9NO.C3H4N2OS.C3H7NO2.C3H7NO.C2H6N4O2.C2H7NO2S/c1-8-5-4-6-2-3-7-5;1-6-5(7)4-2-3-4;1-6-4(8-2)7-3-5;1-6-4-2-3-7-5-4;1-3-7-4(6)5-2;1-6-4-2-3-7-5-4;1-3-4(6)5-2;1-6-3-2-4-7-5-3;1-4-3(5)6-2;1-3(5)4-2;1-4-2(3)5-6(7)8;1-3-6(2,4)5/h2-4H,1H3;4H,2-3H2,1H3,(H,6,7);1-2H3,(H,6,7);2-3H,1H3;3H2,1-2H3,(H,5,6);2-3H,1H3;3H2,1-2H3,(H,5,6);2H,1H3;1-2H3,(H,4,5);1-2H3,(H,4,5);1H3,(H3,3,4,5);3H,1-2H3. The molecule has 0 unspecified atom stereocenters.